The molecule has 1 amide bonds. The number of hydrogen-bond donors (Lipinski definition) is 4. The van der Waals surface area contributed by atoms with Crippen LogP contribution in [0.5, 0.6) is 0 Å². The van der Waals surface area contributed by atoms with Crippen molar-refractivity contribution < 1.29 is 15.0 Å². The minimum absolute atomic E-state index is 0.112. The molecule has 2 rings (SSSR count). The highest BCUT2D eigenvalue weighted by atomic mass is 16.3. The number of carbonyl (C=O) groups is 1. The quantitative estimate of drug-likeness (QED) is 0.562. The van der Waals surface area contributed by atoms with Gasteiger partial charge < -0.3 is 20.8 Å². The highest BCUT2D eigenvalue weighted by Crippen LogP contribution is 2.31. The fourth-order valence-corrected chi connectivity index (χ4v) is 2.77. The summed E-state index contributed by atoms with van der Waals surface area (Å²) in [5, 5.41) is 25.5. The SMILES string of the molecule is CC1CCC(O)(CNC(=O)C2CC(O)CN2)CC1. The molecule has 0 radical (unpaired) electrons. The van der Waals surface area contributed by atoms with Gasteiger partial charge in [0.05, 0.1) is 17.7 Å². The lowest BCUT2D eigenvalue weighted by atomic mass is 9.79. The minimum atomic E-state index is -0.737. The molecule has 0 aromatic heterocycles. The van der Waals surface area contributed by atoms with Crippen LogP contribution in [0.2, 0.25) is 0 Å². The van der Waals surface area contributed by atoms with Crippen LogP contribution in [0.4, 0.5) is 0 Å². The van der Waals surface area contributed by atoms with Crippen molar-refractivity contribution in [3.05, 3.63) is 0 Å². The predicted molar refractivity (Wildman–Crippen MR) is 68.0 cm³/mol. The molecule has 1 aliphatic carbocycles. The Morgan fingerprint density at radius 2 is 2.11 bits per heavy atom. The number of nitrogens with one attached hydrogen (secondary N) is 2. The van der Waals surface area contributed by atoms with Gasteiger partial charge in [-0.2, -0.15) is 0 Å². The zero-order valence-corrected chi connectivity index (χ0v) is 11.0. The van der Waals surface area contributed by atoms with Crippen LogP contribution < -0.4 is 10.6 Å². The van der Waals surface area contributed by atoms with Crippen molar-refractivity contribution in [3.8, 4) is 0 Å². The average Bonchev–Trinajstić information content (AvgIpc) is 2.77. The Morgan fingerprint density at radius 3 is 2.67 bits per heavy atom. The van der Waals surface area contributed by atoms with E-state index in [1.165, 1.54) is 0 Å². The molecule has 2 unspecified atom stereocenters. The summed E-state index contributed by atoms with van der Waals surface area (Å²) in [7, 11) is 0. The van der Waals surface area contributed by atoms with Crippen LogP contribution >= 0.6 is 0 Å². The van der Waals surface area contributed by atoms with E-state index in [1.54, 1.807) is 0 Å². The smallest absolute Gasteiger partial charge is 0.237 e. The van der Waals surface area contributed by atoms with Gasteiger partial charge in [-0.1, -0.05) is 6.92 Å². The largest absolute Gasteiger partial charge is 0.392 e. The van der Waals surface area contributed by atoms with Gasteiger partial charge in [-0.15, -0.1) is 0 Å². The standard InChI is InChI=1S/C13H24N2O3/c1-9-2-4-13(18,5-3-9)8-15-12(17)11-6-10(16)7-14-11/h9-11,14,16,18H,2-8H2,1H3,(H,15,17). The van der Waals surface area contributed by atoms with E-state index < -0.39 is 11.7 Å². The van der Waals surface area contributed by atoms with E-state index in [0.717, 1.165) is 25.7 Å². The highest BCUT2D eigenvalue weighted by molar-refractivity contribution is 5.82. The second-order valence-corrected chi connectivity index (χ2v) is 5.98. The molecule has 0 aromatic carbocycles. The van der Waals surface area contributed by atoms with Crippen LogP contribution in [0.1, 0.15) is 39.0 Å². The maximum absolute atomic E-state index is 11.8. The van der Waals surface area contributed by atoms with Crippen LogP contribution in [-0.2, 0) is 4.79 Å². The van der Waals surface area contributed by atoms with E-state index in [9.17, 15) is 15.0 Å². The maximum Gasteiger partial charge on any atom is 0.237 e. The Balaban J connectivity index is 1.75. The molecular weight excluding hydrogens is 232 g/mol. The van der Waals surface area contributed by atoms with Gasteiger partial charge in [-0.25, -0.2) is 0 Å². The van der Waals surface area contributed by atoms with E-state index in [0.29, 0.717) is 25.4 Å². The van der Waals surface area contributed by atoms with Crippen molar-refractivity contribution in [1.29, 1.82) is 0 Å². The summed E-state index contributed by atoms with van der Waals surface area (Å²) < 4.78 is 0. The van der Waals surface area contributed by atoms with Crippen LogP contribution in [-0.4, -0.2) is 47.0 Å². The number of aliphatic hydroxyl groups is 2. The summed E-state index contributed by atoms with van der Waals surface area (Å²) in [6, 6.07) is -0.314. The van der Waals surface area contributed by atoms with Crippen molar-refractivity contribution >= 4 is 5.91 Å². The summed E-state index contributed by atoms with van der Waals surface area (Å²) in [6.45, 7) is 2.99. The first kappa shape index (κ1) is 13.8. The third-order valence-electron chi connectivity index (χ3n) is 4.22. The zero-order chi connectivity index (χ0) is 13.2. The Bertz CT molecular complexity index is 301. The molecule has 18 heavy (non-hydrogen) atoms. The Labute approximate surface area is 108 Å². The second kappa shape index (κ2) is 5.55. The number of amides is 1. The second-order valence-electron chi connectivity index (χ2n) is 5.98. The molecule has 5 heteroatoms. The summed E-state index contributed by atoms with van der Waals surface area (Å²) in [5.74, 6) is 0.561. The topological polar surface area (TPSA) is 81.6 Å². The summed E-state index contributed by atoms with van der Waals surface area (Å²) in [6.07, 6.45) is 3.59. The Kier molecular flexibility index (Phi) is 4.25. The van der Waals surface area contributed by atoms with Crippen LogP contribution in [0, 0.1) is 5.92 Å². The van der Waals surface area contributed by atoms with Crippen molar-refractivity contribution in [1.82, 2.24) is 10.6 Å². The third kappa shape index (κ3) is 3.43. The first-order chi connectivity index (χ1) is 8.48. The number of aliphatic hydroxyl groups excluding tert-OH is 1. The fourth-order valence-electron chi connectivity index (χ4n) is 2.77. The summed E-state index contributed by atoms with van der Waals surface area (Å²) in [4.78, 5) is 11.8. The highest BCUT2D eigenvalue weighted by Gasteiger charge is 2.34. The van der Waals surface area contributed by atoms with Gasteiger partial charge in [0.2, 0.25) is 5.91 Å². The van der Waals surface area contributed by atoms with Crippen LogP contribution in [0.3, 0.4) is 0 Å². The lowest BCUT2D eigenvalue weighted by Crippen LogP contribution is -2.49. The molecule has 2 fully saturated rings. The number of hydrogen-bond acceptors (Lipinski definition) is 4. The maximum atomic E-state index is 11.8. The molecule has 2 aliphatic rings. The van der Waals surface area contributed by atoms with Crippen molar-refractivity contribution in [3.63, 3.8) is 0 Å². The molecule has 0 spiro atoms. The van der Waals surface area contributed by atoms with Crippen molar-refractivity contribution in [2.75, 3.05) is 13.1 Å². The summed E-state index contributed by atoms with van der Waals surface area (Å²) in [5.41, 5.74) is -0.737. The molecule has 5 nitrogen and oxygen atoms in total. The molecule has 104 valence electrons. The number of carbonyl (C=O) groups excluding carboxylic acids is 1. The zero-order valence-electron chi connectivity index (χ0n) is 11.0. The molecule has 1 saturated heterocycles. The fraction of sp³-hybridized carbons (Fsp3) is 0.923. The van der Waals surface area contributed by atoms with Crippen molar-refractivity contribution in [2.24, 2.45) is 5.92 Å². The average molecular weight is 256 g/mol. The molecule has 0 bridgehead atoms. The van der Waals surface area contributed by atoms with Crippen molar-refractivity contribution in [2.45, 2.75) is 56.8 Å². The van der Waals surface area contributed by atoms with Gasteiger partial charge in [0.25, 0.3) is 0 Å². The van der Waals surface area contributed by atoms with E-state index >= 15 is 0 Å². The van der Waals surface area contributed by atoms with Gasteiger partial charge in [-0.05, 0) is 38.0 Å². The first-order valence-corrected chi connectivity index (χ1v) is 6.90. The molecule has 0 aromatic rings. The molecule has 2 atom stereocenters. The molecule has 1 heterocycles. The lowest BCUT2D eigenvalue weighted by Gasteiger charge is -2.35. The first-order valence-electron chi connectivity index (χ1n) is 6.90. The van der Waals surface area contributed by atoms with Crippen LogP contribution in [0.25, 0.3) is 0 Å². The Morgan fingerprint density at radius 1 is 1.44 bits per heavy atom. The monoisotopic (exact) mass is 256 g/mol. The van der Waals surface area contributed by atoms with Gasteiger partial charge in [0.15, 0.2) is 0 Å². The normalized spacial score (nSPS) is 40.7. The molecule has 4 N–H and O–H groups in total. The molecular formula is C13H24N2O3. The molecule has 1 aliphatic heterocycles. The molecule has 1 saturated carbocycles. The predicted octanol–water partition coefficient (Wildman–Crippen LogP) is -0.233. The van der Waals surface area contributed by atoms with Gasteiger partial charge in [0, 0.05) is 13.1 Å². The lowest BCUT2D eigenvalue weighted by molar-refractivity contribution is -0.124. The Hall–Kier alpha value is -0.650. The minimum Gasteiger partial charge on any atom is -0.392 e. The number of rotatable bonds is 3. The van der Waals surface area contributed by atoms with E-state index in [1.807, 2.05) is 0 Å². The van der Waals surface area contributed by atoms with E-state index in [4.69, 9.17) is 0 Å². The third-order valence-corrected chi connectivity index (χ3v) is 4.22. The van der Waals surface area contributed by atoms with Crippen LogP contribution in [0.15, 0.2) is 0 Å². The summed E-state index contributed by atoms with van der Waals surface area (Å²) >= 11 is 0. The van der Waals surface area contributed by atoms with Gasteiger partial charge >= 0.3 is 0 Å². The van der Waals surface area contributed by atoms with E-state index in [2.05, 4.69) is 17.6 Å². The number of β-amino-alcohol motifs (C(OH)–C–C–N with tert-alkyl or cyclic N) is 1. The van der Waals surface area contributed by atoms with Gasteiger partial charge in [-0.3, -0.25) is 4.79 Å². The van der Waals surface area contributed by atoms with Gasteiger partial charge in [0.1, 0.15) is 0 Å². The van der Waals surface area contributed by atoms with E-state index in [-0.39, 0.29) is 11.9 Å².